The Kier molecular flexibility index (Phi) is 10.5. The summed E-state index contributed by atoms with van der Waals surface area (Å²) in [5.41, 5.74) is 0.746. The molecule has 35 heavy (non-hydrogen) atoms. The summed E-state index contributed by atoms with van der Waals surface area (Å²) < 4.78 is 10.9. The molecule has 1 atom stereocenters. The van der Waals surface area contributed by atoms with Crippen LogP contribution in [0.3, 0.4) is 0 Å². The number of benzene rings is 2. The Morgan fingerprint density at radius 3 is 2.40 bits per heavy atom. The van der Waals surface area contributed by atoms with Crippen molar-refractivity contribution in [1.82, 2.24) is 10.2 Å². The van der Waals surface area contributed by atoms with Crippen LogP contribution < -0.4 is 14.8 Å². The van der Waals surface area contributed by atoms with Crippen LogP contribution in [0, 0.1) is 0 Å². The number of hydrogen-bond acceptors (Lipinski definition) is 4. The first-order valence-electron chi connectivity index (χ1n) is 12.2. The van der Waals surface area contributed by atoms with Gasteiger partial charge in [-0.1, -0.05) is 48.5 Å². The summed E-state index contributed by atoms with van der Waals surface area (Å²) in [6.45, 7) is 2.39. The van der Waals surface area contributed by atoms with E-state index in [1.165, 1.54) is 6.42 Å². The molecule has 190 valence electrons. The van der Waals surface area contributed by atoms with Crippen molar-refractivity contribution in [3.8, 4) is 11.5 Å². The van der Waals surface area contributed by atoms with E-state index in [0.717, 1.165) is 37.0 Å². The molecule has 0 spiro atoms. The summed E-state index contributed by atoms with van der Waals surface area (Å²) in [6.07, 6.45) is 6.19. The van der Waals surface area contributed by atoms with E-state index in [1.807, 2.05) is 24.3 Å². The minimum Gasteiger partial charge on any atom is -0.497 e. The van der Waals surface area contributed by atoms with Gasteiger partial charge in [-0.25, -0.2) is 0 Å². The van der Waals surface area contributed by atoms with Crippen LogP contribution in [0.2, 0.25) is 10.0 Å². The van der Waals surface area contributed by atoms with Gasteiger partial charge in [-0.05, 0) is 68.1 Å². The summed E-state index contributed by atoms with van der Waals surface area (Å²) in [5.74, 6) is 1.21. The van der Waals surface area contributed by atoms with Crippen molar-refractivity contribution in [1.29, 1.82) is 0 Å². The first kappa shape index (κ1) is 27.2. The molecule has 0 aliphatic heterocycles. The van der Waals surface area contributed by atoms with E-state index in [1.54, 1.807) is 37.1 Å². The van der Waals surface area contributed by atoms with Crippen LogP contribution in [0.4, 0.5) is 0 Å². The number of hydrogen-bond donors (Lipinski definition) is 1. The molecule has 1 aliphatic rings. The maximum Gasteiger partial charge on any atom is 0.242 e. The lowest BCUT2D eigenvalue weighted by molar-refractivity contribution is -0.141. The van der Waals surface area contributed by atoms with Gasteiger partial charge in [0.05, 0.1) is 13.7 Å². The number of carbonyl (C=O) groups is 2. The van der Waals surface area contributed by atoms with Crippen molar-refractivity contribution in [3.05, 3.63) is 58.1 Å². The Labute approximate surface area is 217 Å². The van der Waals surface area contributed by atoms with Gasteiger partial charge in [0.2, 0.25) is 11.8 Å². The molecule has 8 heteroatoms. The fraction of sp³-hybridized carbons (Fsp3) is 0.481. The van der Waals surface area contributed by atoms with E-state index in [0.29, 0.717) is 28.8 Å². The molecular formula is C27H34Cl2N2O4. The second kappa shape index (κ2) is 13.6. The number of ether oxygens (including phenoxy) is 2. The summed E-state index contributed by atoms with van der Waals surface area (Å²) in [5, 5.41) is 4.13. The summed E-state index contributed by atoms with van der Waals surface area (Å²) in [7, 11) is 1.61. The van der Waals surface area contributed by atoms with Crippen molar-refractivity contribution in [3.63, 3.8) is 0 Å². The third-order valence-electron chi connectivity index (χ3n) is 6.34. The maximum atomic E-state index is 13.3. The molecule has 0 radical (unpaired) electrons. The summed E-state index contributed by atoms with van der Waals surface area (Å²) in [6, 6.07) is 12.0. The fourth-order valence-electron chi connectivity index (χ4n) is 4.21. The molecule has 6 nitrogen and oxygen atoms in total. The van der Waals surface area contributed by atoms with Crippen LogP contribution in [0.15, 0.2) is 42.5 Å². The number of methoxy groups -OCH3 is 1. The number of halogens is 2. The van der Waals surface area contributed by atoms with Crippen molar-refractivity contribution in [2.24, 2.45) is 0 Å². The lowest BCUT2D eigenvalue weighted by Crippen LogP contribution is -2.50. The average Bonchev–Trinajstić information content (AvgIpc) is 2.86. The van der Waals surface area contributed by atoms with Crippen LogP contribution in [-0.4, -0.2) is 42.5 Å². The molecule has 3 rings (SSSR count). The van der Waals surface area contributed by atoms with E-state index in [9.17, 15) is 9.59 Å². The average molecular weight is 521 g/mol. The molecule has 2 amide bonds. The predicted octanol–water partition coefficient (Wildman–Crippen LogP) is 6.03. The highest BCUT2D eigenvalue weighted by Crippen LogP contribution is 2.24. The lowest BCUT2D eigenvalue weighted by Gasteiger charge is -2.31. The number of carbonyl (C=O) groups excluding carboxylic acids is 2. The van der Waals surface area contributed by atoms with Gasteiger partial charge in [-0.15, -0.1) is 0 Å². The molecule has 1 N–H and O–H groups in total. The normalized spacial score (nSPS) is 14.7. The van der Waals surface area contributed by atoms with Gasteiger partial charge in [0, 0.05) is 29.1 Å². The molecule has 2 aromatic carbocycles. The SMILES string of the molecule is COc1ccc(OCCCC(=O)N(Cc2ccc(Cl)cc2Cl)[C@@H](C)C(=O)NC2CCCCC2)cc1. The Morgan fingerprint density at radius 1 is 1.06 bits per heavy atom. The van der Waals surface area contributed by atoms with Crippen molar-refractivity contribution in [2.45, 2.75) is 70.5 Å². The van der Waals surface area contributed by atoms with Crippen LogP contribution in [-0.2, 0) is 16.1 Å². The zero-order chi connectivity index (χ0) is 25.2. The Morgan fingerprint density at radius 2 is 1.74 bits per heavy atom. The summed E-state index contributed by atoms with van der Waals surface area (Å²) in [4.78, 5) is 27.9. The minimum absolute atomic E-state index is 0.124. The quantitative estimate of drug-likeness (QED) is 0.367. The van der Waals surface area contributed by atoms with Crippen molar-refractivity contribution >= 4 is 35.0 Å². The van der Waals surface area contributed by atoms with E-state index >= 15 is 0 Å². The first-order valence-corrected chi connectivity index (χ1v) is 12.9. The lowest BCUT2D eigenvalue weighted by atomic mass is 9.95. The second-order valence-corrected chi connectivity index (χ2v) is 9.75. The van der Waals surface area contributed by atoms with Gasteiger partial charge in [-0.2, -0.15) is 0 Å². The maximum absolute atomic E-state index is 13.3. The molecule has 2 aromatic rings. The van der Waals surface area contributed by atoms with E-state index in [4.69, 9.17) is 32.7 Å². The van der Waals surface area contributed by atoms with E-state index < -0.39 is 6.04 Å². The Hall–Kier alpha value is -2.44. The van der Waals surface area contributed by atoms with Crippen LogP contribution in [0.5, 0.6) is 11.5 Å². The highest BCUT2D eigenvalue weighted by molar-refractivity contribution is 6.35. The molecule has 1 fully saturated rings. The standard InChI is InChI=1S/C27H34Cl2N2O4/c1-19(27(33)30-22-7-4-3-5-8-22)31(18-20-10-11-21(28)17-25(20)29)26(32)9-6-16-35-24-14-12-23(34-2)13-15-24/h10-15,17,19,22H,3-9,16,18H2,1-2H3,(H,30,33)/t19-/m0/s1. The highest BCUT2D eigenvalue weighted by Gasteiger charge is 2.28. The molecule has 0 aromatic heterocycles. The van der Waals surface area contributed by atoms with Gasteiger partial charge in [0.15, 0.2) is 0 Å². The zero-order valence-electron chi connectivity index (χ0n) is 20.4. The molecule has 0 saturated heterocycles. The van der Waals surface area contributed by atoms with Gasteiger partial charge >= 0.3 is 0 Å². The molecular weight excluding hydrogens is 487 g/mol. The third kappa shape index (κ3) is 8.32. The monoisotopic (exact) mass is 520 g/mol. The fourth-order valence-corrected chi connectivity index (χ4v) is 4.68. The molecule has 0 heterocycles. The summed E-state index contributed by atoms with van der Waals surface area (Å²) >= 11 is 12.4. The highest BCUT2D eigenvalue weighted by atomic mass is 35.5. The number of rotatable bonds is 11. The van der Waals surface area contributed by atoms with Crippen LogP contribution >= 0.6 is 23.2 Å². The van der Waals surface area contributed by atoms with Crippen LogP contribution in [0.1, 0.15) is 57.4 Å². The Balaban J connectivity index is 1.62. The minimum atomic E-state index is -0.626. The van der Waals surface area contributed by atoms with Gasteiger partial charge in [0.25, 0.3) is 0 Å². The first-order chi connectivity index (χ1) is 16.9. The van der Waals surface area contributed by atoms with Crippen molar-refractivity contribution < 1.29 is 19.1 Å². The molecule has 0 unspecified atom stereocenters. The largest absolute Gasteiger partial charge is 0.497 e. The smallest absolute Gasteiger partial charge is 0.242 e. The second-order valence-electron chi connectivity index (χ2n) is 8.90. The van der Waals surface area contributed by atoms with Gasteiger partial charge in [0.1, 0.15) is 17.5 Å². The number of amides is 2. The van der Waals surface area contributed by atoms with Gasteiger partial charge < -0.3 is 19.7 Å². The van der Waals surface area contributed by atoms with E-state index in [2.05, 4.69) is 5.32 Å². The molecule has 0 bridgehead atoms. The van der Waals surface area contributed by atoms with E-state index in [-0.39, 0.29) is 30.8 Å². The van der Waals surface area contributed by atoms with Gasteiger partial charge in [-0.3, -0.25) is 9.59 Å². The molecule has 1 saturated carbocycles. The number of nitrogens with one attached hydrogen (secondary N) is 1. The molecule has 1 aliphatic carbocycles. The van der Waals surface area contributed by atoms with Crippen molar-refractivity contribution in [2.75, 3.05) is 13.7 Å². The predicted molar refractivity (Wildman–Crippen MR) is 139 cm³/mol. The van der Waals surface area contributed by atoms with Crippen LogP contribution in [0.25, 0.3) is 0 Å². The number of nitrogens with zero attached hydrogens (tertiary/aromatic N) is 1. The topological polar surface area (TPSA) is 67.9 Å². The third-order valence-corrected chi connectivity index (χ3v) is 6.92. The zero-order valence-corrected chi connectivity index (χ0v) is 21.9. The Bertz CT molecular complexity index is 978.